The number of fused-ring (bicyclic) bond motifs is 1. The molecule has 6 heteroatoms. The smallest absolute Gasteiger partial charge is 0.142 e. The van der Waals surface area contributed by atoms with Crippen molar-refractivity contribution in [1.82, 2.24) is 9.61 Å². The number of anilines is 1. The highest BCUT2D eigenvalue weighted by molar-refractivity contribution is 7.98. The van der Waals surface area contributed by atoms with Crippen molar-refractivity contribution in [3.05, 3.63) is 41.5 Å². The molecule has 1 fully saturated rings. The minimum atomic E-state index is 0.588. The summed E-state index contributed by atoms with van der Waals surface area (Å²) in [4.78, 5) is 2.53. The Balaban J connectivity index is 1.85. The molecule has 31 heavy (non-hydrogen) atoms. The van der Waals surface area contributed by atoms with Crippen LogP contribution in [-0.4, -0.2) is 49.3 Å². The lowest BCUT2D eigenvalue weighted by Crippen LogP contribution is -2.30. The molecular formula is C25H33N3O2S. The topological polar surface area (TPSA) is 39.0 Å². The first-order valence-electron chi connectivity index (χ1n) is 11.1. The van der Waals surface area contributed by atoms with Crippen molar-refractivity contribution in [1.29, 1.82) is 0 Å². The van der Waals surface area contributed by atoms with Crippen LogP contribution in [0.5, 0.6) is 5.75 Å². The summed E-state index contributed by atoms with van der Waals surface area (Å²) >= 11 is 1.73. The zero-order valence-electron chi connectivity index (χ0n) is 19.3. The Kier molecular flexibility index (Phi) is 6.77. The van der Waals surface area contributed by atoms with Crippen LogP contribution in [0.4, 0.5) is 5.69 Å². The lowest BCUT2D eigenvalue weighted by Gasteiger charge is -2.27. The molecule has 0 amide bonds. The molecule has 1 aliphatic rings. The second-order valence-electron chi connectivity index (χ2n) is 8.38. The average Bonchev–Trinajstić information content (AvgIpc) is 3.40. The lowest BCUT2D eigenvalue weighted by atomic mass is 9.99. The van der Waals surface area contributed by atoms with E-state index in [1.807, 2.05) is 0 Å². The molecule has 0 radical (unpaired) electrons. The van der Waals surface area contributed by atoms with Gasteiger partial charge in [-0.3, -0.25) is 0 Å². The summed E-state index contributed by atoms with van der Waals surface area (Å²) in [6.07, 6.45) is 4.37. The second kappa shape index (κ2) is 9.53. The number of thioether (sulfide) groups is 1. The normalized spacial score (nSPS) is 16.2. The van der Waals surface area contributed by atoms with Crippen LogP contribution in [0.25, 0.3) is 16.8 Å². The van der Waals surface area contributed by atoms with E-state index in [4.69, 9.17) is 14.6 Å². The number of ether oxygens (including phenoxy) is 2. The van der Waals surface area contributed by atoms with Gasteiger partial charge in [-0.15, -0.1) is 11.8 Å². The van der Waals surface area contributed by atoms with Gasteiger partial charge in [0.15, 0.2) is 0 Å². The molecular weight excluding hydrogens is 406 g/mol. The summed E-state index contributed by atoms with van der Waals surface area (Å²) in [5.41, 5.74) is 7.16. The van der Waals surface area contributed by atoms with Crippen LogP contribution in [0.3, 0.4) is 0 Å². The van der Waals surface area contributed by atoms with Crippen molar-refractivity contribution in [3.63, 3.8) is 0 Å². The fourth-order valence-electron chi connectivity index (χ4n) is 4.71. The molecule has 0 saturated carbocycles. The summed E-state index contributed by atoms with van der Waals surface area (Å²) in [6.45, 7) is 10.3. The summed E-state index contributed by atoms with van der Waals surface area (Å²) < 4.78 is 13.3. The van der Waals surface area contributed by atoms with Crippen molar-refractivity contribution in [2.75, 3.05) is 44.6 Å². The van der Waals surface area contributed by atoms with Crippen LogP contribution >= 0.6 is 11.8 Å². The fourth-order valence-corrected chi connectivity index (χ4v) is 5.30. The van der Waals surface area contributed by atoms with Crippen LogP contribution in [0.15, 0.2) is 35.4 Å². The van der Waals surface area contributed by atoms with E-state index in [0.29, 0.717) is 5.92 Å². The highest BCUT2D eigenvalue weighted by Gasteiger charge is 2.25. The molecule has 5 nitrogen and oxygen atoms in total. The molecule has 1 unspecified atom stereocenters. The van der Waals surface area contributed by atoms with Crippen LogP contribution in [-0.2, 0) is 4.74 Å². The number of benzene rings is 1. The van der Waals surface area contributed by atoms with Gasteiger partial charge in [-0.25, -0.2) is 4.52 Å². The minimum absolute atomic E-state index is 0.588. The first-order chi connectivity index (χ1) is 15.1. The van der Waals surface area contributed by atoms with E-state index in [1.54, 1.807) is 18.9 Å². The number of rotatable bonds is 8. The molecule has 3 heterocycles. The molecule has 166 valence electrons. The number of nitrogens with zero attached hydrogens (tertiary/aromatic N) is 3. The van der Waals surface area contributed by atoms with E-state index in [9.17, 15) is 0 Å². The van der Waals surface area contributed by atoms with E-state index in [0.717, 1.165) is 55.6 Å². The molecule has 0 aliphatic carbocycles. The van der Waals surface area contributed by atoms with E-state index in [1.165, 1.54) is 27.9 Å². The van der Waals surface area contributed by atoms with Gasteiger partial charge in [0.05, 0.1) is 30.6 Å². The van der Waals surface area contributed by atoms with Gasteiger partial charge in [-0.1, -0.05) is 13.0 Å². The van der Waals surface area contributed by atoms with E-state index in [2.05, 4.69) is 66.8 Å². The maximum absolute atomic E-state index is 5.66. The van der Waals surface area contributed by atoms with Gasteiger partial charge in [0.1, 0.15) is 10.8 Å². The third-order valence-corrected chi connectivity index (χ3v) is 6.77. The molecule has 1 aliphatic heterocycles. The van der Waals surface area contributed by atoms with Crippen LogP contribution < -0.4 is 9.64 Å². The molecule has 1 atom stereocenters. The van der Waals surface area contributed by atoms with Gasteiger partial charge in [-0.05, 0) is 68.3 Å². The average molecular weight is 440 g/mol. The van der Waals surface area contributed by atoms with E-state index >= 15 is 0 Å². The number of methoxy groups -OCH3 is 1. The molecule has 1 saturated heterocycles. The fraction of sp³-hybridized carbons (Fsp3) is 0.480. The molecule has 0 spiro atoms. The summed E-state index contributed by atoms with van der Waals surface area (Å²) in [5, 5.41) is 6.17. The Morgan fingerprint density at radius 2 is 2.03 bits per heavy atom. The van der Waals surface area contributed by atoms with Gasteiger partial charge < -0.3 is 14.4 Å². The monoisotopic (exact) mass is 439 g/mol. The number of aryl methyl sites for hydroxylation is 2. The molecule has 3 aromatic rings. The SMILES string of the molecule is CCCN(CC1CCOC1)c1c(SC)nn2c(-c3c(C)cc(OC)cc3C)cccc12. The highest BCUT2D eigenvalue weighted by Crippen LogP contribution is 2.38. The zero-order valence-corrected chi connectivity index (χ0v) is 20.1. The Hall–Kier alpha value is -2.18. The predicted octanol–water partition coefficient (Wildman–Crippen LogP) is 5.60. The highest BCUT2D eigenvalue weighted by atomic mass is 32.2. The lowest BCUT2D eigenvalue weighted by molar-refractivity contribution is 0.186. The number of hydrogen-bond donors (Lipinski definition) is 0. The van der Waals surface area contributed by atoms with Crippen molar-refractivity contribution in [2.45, 2.75) is 38.6 Å². The summed E-state index contributed by atoms with van der Waals surface area (Å²) in [5.74, 6) is 1.48. The van der Waals surface area contributed by atoms with Gasteiger partial charge >= 0.3 is 0 Å². The third kappa shape index (κ3) is 4.28. The van der Waals surface area contributed by atoms with Crippen LogP contribution in [0.2, 0.25) is 0 Å². The first kappa shape index (κ1) is 22.0. The first-order valence-corrected chi connectivity index (χ1v) is 12.3. The van der Waals surface area contributed by atoms with Gasteiger partial charge in [-0.2, -0.15) is 5.10 Å². The van der Waals surface area contributed by atoms with Gasteiger partial charge in [0, 0.05) is 31.2 Å². The van der Waals surface area contributed by atoms with Crippen molar-refractivity contribution in [3.8, 4) is 17.0 Å². The Morgan fingerprint density at radius 1 is 1.26 bits per heavy atom. The van der Waals surface area contributed by atoms with Gasteiger partial charge in [0.25, 0.3) is 0 Å². The van der Waals surface area contributed by atoms with E-state index in [-0.39, 0.29) is 0 Å². The maximum atomic E-state index is 5.66. The molecule has 1 aromatic carbocycles. The Morgan fingerprint density at radius 3 is 2.65 bits per heavy atom. The number of hydrogen-bond acceptors (Lipinski definition) is 5. The molecule has 0 bridgehead atoms. The second-order valence-corrected chi connectivity index (χ2v) is 9.17. The minimum Gasteiger partial charge on any atom is -0.497 e. The Labute approximate surface area is 189 Å². The number of aromatic nitrogens is 2. The van der Waals surface area contributed by atoms with Crippen molar-refractivity contribution in [2.24, 2.45) is 5.92 Å². The number of pyridine rings is 1. The van der Waals surface area contributed by atoms with Crippen molar-refractivity contribution >= 4 is 23.0 Å². The van der Waals surface area contributed by atoms with Gasteiger partial charge in [0.2, 0.25) is 0 Å². The quantitative estimate of drug-likeness (QED) is 0.427. The molecule has 2 aromatic heterocycles. The largest absolute Gasteiger partial charge is 0.497 e. The molecule has 0 N–H and O–H groups in total. The predicted molar refractivity (Wildman–Crippen MR) is 130 cm³/mol. The van der Waals surface area contributed by atoms with Crippen LogP contribution in [0, 0.1) is 19.8 Å². The maximum Gasteiger partial charge on any atom is 0.142 e. The standard InChI is InChI=1S/C25H33N3O2S/c1-6-11-27(15-19-10-12-30-16-19)24-22-9-7-8-21(28(22)26-25(24)31-5)23-17(2)13-20(29-4)14-18(23)3/h7-9,13-14,19H,6,10-12,15-16H2,1-5H3. The van der Waals surface area contributed by atoms with E-state index < -0.39 is 0 Å². The third-order valence-electron chi connectivity index (χ3n) is 6.10. The zero-order chi connectivity index (χ0) is 22.0. The van der Waals surface area contributed by atoms with Crippen LogP contribution in [0.1, 0.15) is 30.9 Å². The summed E-state index contributed by atoms with van der Waals surface area (Å²) in [7, 11) is 1.72. The van der Waals surface area contributed by atoms with Crippen molar-refractivity contribution < 1.29 is 9.47 Å². The Bertz CT molecular complexity index is 1030. The molecule has 4 rings (SSSR count). The summed E-state index contributed by atoms with van der Waals surface area (Å²) in [6, 6.07) is 10.7.